The van der Waals surface area contributed by atoms with Gasteiger partial charge in [0.25, 0.3) is 0 Å². The Labute approximate surface area is 232 Å². The van der Waals surface area contributed by atoms with Gasteiger partial charge in [-0.3, -0.25) is 9.59 Å². The van der Waals surface area contributed by atoms with Crippen LogP contribution in [0.15, 0.2) is 66.7 Å². The summed E-state index contributed by atoms with van der Waals surface area (Å²) in [5.74, 6) is -0.612. The number of carbonyl (C=O) groups excluding carboxylic acids is 2. The molecule has 0 spiro atoms. The first kappa shape index (κ1) is 28.3. The molecule has 3 rings (SSSR count). The zero-order chi connectivity index (χ0) is 26.5. The van der Waals surface area contributed by atoms with Crippen molar-refractivity contribution in [1.82, 2.24) is 10.2 Å². The van der Waals surface area contributed by atoms with E-state index in [9.17, 15) is 9.59 Å². The minimum atomic E-state index is -0.840. The average Bonchev–Trinajstić information content (AvgIpc) is 2.80. The summed E-state index contributed by atoms with van der Waals surface area (Å²) in [4.78, 5) is 29.0. The molecule has 0 aliphatic heterocycles. The van der Waals surface area contributed by atoms with Crippen LogP contribution in [0.4, 0.5) is 0 Å². The van der Waals surface area contributed by atoms with Crippen LogP contribution in [-0.2, 0) is 29.0 Å². The molecule has 0 unspecified atom stereocenters. The predicted octanol–water partition coefficient (Wildman–Crippen LogP) is 7.40. The Morgan fingerprint density at radius 2 is 1.28 bits per heavy atom. The second-order valence-electron chi connectivity index (χ2n) is 9.54. The van der Waals surface area contributed by atoms with Crippen molar-refractivity contribution in [3.63, 3.8) is 0 Å². The molecule has 0 saturated heterocycles. The SMILES string of the molecule is CC(C)(C)NC(=O)[C@H](Cc1ccccc1)N(Cc1c(Cl)cccc1Cl)C(=O)Cc1c(Cl)cccc1Cl. The molecular weight excluding hydrogens is 538 g/mol. The molecule has 2 amide bonds. The maximum absolute atomic E-state index is 13.9. The van der Waals surface area contributed by atoms with Crippen LogP contribution >= 0.6 is 46.4 Å². The fourth-order valence-electron chi connectivity index (χ4n) is 3.81. The average molecular weight is 566 g/mol. The number of hydrogen-bond acceptors (Lipinski definition) is 2. The molecule has 3 aromatic rings. The summed E-state index contributed by atoms with van der Waals surface area (Å²) in [5, 5.41) is 4.60. The van der Waals surface area contributed by atoms with E-state index in [0.717, 1.165) is 5.56 Å². The summed E-state index contributed by atoms with van der Waals surface area (Å²) >= 11 is 25.7. The van der Waals surface area contributed by atoms with E-state index in [-0.39, 0.29) is 24.8 Å². The fraction of sp³-hybridized carbons (Fsp3) is 0.286. The van der Waals surface area contributed by atoms with Crippen molar-refractivity contribution in [3.8, 4) is 0 Å². The van der Waals surface area contributed by atoms with Gasteiger partial charge in [-0.2, -0.15) is 0 Å². The Morgan fingerprint density at radius 3 is 1.78 bits per heavy atom. The van der Waals surface area contributed by atoms with Crippen molar-refractivity contribution in [2.75, 3.05) is 0 Å². The molecule has 0 saturated carbocycles. The van der Waals surface area contributed by atoms with Gasteiger partial charge in [0.2, 0.25) is 11.8 Å². The van der Waals surface area contributed by atoms with Crippen LogP contribution in [0.3, 0.4) is 0 Å². The molecule has 3 aromatic carbocycles. The lowest BCUT2D eigenvalue weighted by Gasteiger charge is -2.34. The summed E-state index contributed by atoms with van der Waals surface area (Å²) in [5.41, 5.74) is 1.46. The maximum Gasteiger partial charge on any atom is 0.243 e. The van der Waals surface area contributed by atoms with Gasteiger partial charge in [0.1, 0.15) is 6.04 Å². The van der Waals surface area contributed by atoms with Gasteiger partial charge in [-0.25, -0.2) is 0 Å². The Hall–Kier alpha value is -2.24. The number of hydrogen-bond donors (Lipinski definition) is 1. The minimum Gasteiger partial charge on any atom is -0.350 e. The van der Waals surface area contributed by atoms with Gasteiger partial charge in [0.05, 0.1) is 6.42 Å². The Bertz CT molecular complexity index is 1190. The largest absolute Gasteiger partial charge is 0.350 e. The lowest BCUT2D eigenvalue weighted by atomic mass is 9.99. The molecule has 8 heteroatoms. The number of amides is 2. The summed E-state index contributed by atoms with van der Waals surface area (Å²) in [6.07, 6.45) is 0.210. The zero-order valence-corrected chi connectivity index (χ0v) is 23.3. The highest BCUT2D eigenvalue weighted by molar-refractivity contribution is 6.36. The highest BCUT2D eigenvalue weighted by Gasteiger charge is 2.33. The van der Waals surface area contributed by atoms with Crippen LogP contribution in [0.2, 0.25) is 20.1 Å². The first-order valence-corrected chi connectivity index (χ1v) is 13.0. The predicted molar refractivity (Wildman–Crippen MR) is 149 cm³/mol. The van der Waals surface area contributed by atoms with Gasteiger partial charge < -0.3 is 10.2 Å². The number of halogens is 4. The van der Waals surface area contributed by atoms with Gasteiger partial charge >= 0.3 is 0 Å². The van der Waals surface area contributed by atoms with Crippen molar-refractivity contribution in [2.24, 2.45) is 0 Å². The standard InChI is InChI=1S/C28H28Cl4N2O2/c1-28(2,3)33-27(36)25(15-18-9-5-4-6-10-18)34(17-20-23(31)13-8-14-24(20)32)26(35)16-19-21(29)11-7-12-22(19)30/h4-14,25H,15-17H2,1-3H3,(H,33,36)/t25-/m0/s1. The Morgan fingerprint density at radius 1 is 0.778 bits per heavy atom. The molecule has 0 aromatic heterocycles. The third kappa shape index (κ3) is 7.63. The molecule has 0 bridgehead atoms. The van der Waals surface area contributed by atoms with E-state index in [1.807, 2.05) is 51.1 Å². The maximum atomic E-state index is 13.9. The molecule has 0 radical (unpaired) electrons. The molecule has 36 heavy (non-hydrogen) atoms. The van der Waals surface area contributed by atoms with Crippen LogP contribution in [0.1, 0.15) is 37.5 Å². The van der Waals surface area contributed by atoms with Gasteiger partial charge in [0.15, 0.2) is 0 Å². The lowest BCUT2D eigenvalue weighted by molar-refractivity contribution is -0.141. The third-order valence-electron chi connectivity index (χ3n) is 5.55. The molecule has 1 N–H and O–H groups in total. The van der Waals surface area contributed by atoms with E-state index in [1.54, 1.807) is 36.4 Å². The van der Waals surface area contributed by atoms with E-state index >= 15 is 0 Å². The highest BCUT2D eigenvalue weighted by atomic mass is 35.5. The molecule has 0 heterocycles. The van der Waals surface area contributed by atoms with Gasteiger partial charge in [-0.1, -0.05) is 88.9 Å². The molecule has 1 atom stereocenters. The number of benzene rings is 3. The third-order valence-corrected chi connectivity index (χ3v) is 6.97. The van der Waals surface area contributed by atoms with Gasteiger partial charge in [0, 0.05) is 44.2 Å². The van der Waals surface area contributed by atoms with E-state index in [1.165, 1.54) is 4.90 Å². The van der Waals surface area contributed by atoms with Crippen molar-refractivity contribution in [2.45, 2.75) is 51.7 Å². The van der Waals surface area contributed by atoms with Crippen molar-refractivity contribution in [3.05, 3.63) is 104 Å². The van der Waals surface area contributed by atoms with E-state index in [0.29, 0.717) is 37.6 Å². The van der Waals surface area contributed by atoms with Crippen LogP contribution in [0.25, 0.3) is 0 Å². The van der Waals surface area contributed by atoms with Crippen molar-refractivity contribution in [1.29, 1.82) is 0 Å². The number of carbonyl (C=O) groups is 2. The Kier molecular flexibility index (Phi) is 9.71. The minimum absolute atomic E-state index is 0.0362. The molecule has 4 nitrogen and oxygen atoms in total. The first-order valence-electron chi connectivity index (χ1n) is 11.5. The molecule has 190 valence electrons. The van der Waals surface area contributed by atoms with Crippen LogP contribution in [0.5, 0.6) is 0 Å². The van der Waals surface area contributed by atoms with Crippen molar-refractivity contribution >= 4 is 58.2 Å². The summed E-state index contributed by atoms with van der Waals surface area (Å²) < 4.78 is 0. The lowest BCUT2D eigenvalue weighted by Crippen LogP contribution is -2.54. The smallest absolute Gasteiger partial charge is 0.243 e. The summed E-state index contributed by atoms with van der Waals surface area (Å²) in [6, 6.07) is 18.9. The quantitative estimate of drug-likeness (QED) is 0.309. The zero-order valence-electron chi connectivity index (χ0n) is 20.3. The normalized spacial score (nSPS) is 12.2. The van der Waals surface area contributed by atoms with Crippen LogP contribution in [0, 0.1) is 0 Å². The summed E-state index contributed by atoms with van der Waals surface area (Å²) in [6.45, 7) is 5.72. The van der Waals surface area contributed by atoms with E-state index in [2.05, 4.69) is 5.32 Å². The second kappa shape index (κ2) is 12.3. The van der Waals surface area contributed by atoms with Gasteiger partial charge in [-0.15, -0.1) is 0 Å². The highest BCUT2D eigenvalue weighted by Crippen LogP contribution is 2.29. The van der Waals surface area contributed by atoms with E-state index < -0.39 is 11.6 Å². The fourth-order valence-corrected chi connectivity index (χ4v) is 4.86. The number of rotatable bonds is 8. The first-order chi connectivity index (χ1) is 17.0. The van der Waals surface area contributed by atoms with Crippen LogP contribution < -0.4 is 5.32 Å². The molecule has 0 fully saturated rings. The molecular formula is C28H28Cl4N2O2. The van der Waals surface area contributed by atoms with Crippen molar-refractivity contribution < 1.29 is 9.59 Å². The molecule has 0 aliphatic carbocycles. The topological polar surface area (TPSA) is 49.4 Å². The molecule has 0 aliphatic rings. The monoisotopic (exact) mass is 564 g/mol. The number of nitrogens with one attached hydrogen (secondary N) is 1. The summed E-state index contributed by atoms with van der Waals surface area (Å²) in [7, 11) is 0. The Balaban J connectivity index is 2.08. The van der Waals surface area contributed by atoms with Crippen LogP contribution in [-0.4, -0.2) is 28.3 Å². The van der Waals surface area contributed by atoms with Gasteiger partial charge in [-0.05, 0) is 56.2 Å². The number of nitrogens with zero attached hydrogens (tertiary/aromatic N) is 1. The second-order valence-corrected chi connectivity index (χ2v) is 11.2. The van der Waals surface area contributed by atoms with E-state index in [4.69, 9.17) is 46.4 Å².